The summed E-state index contributed by atoms with van der Waals surface area (Å²) in [5, 5.41) is 16.9. The summed E-state index contributed by atoms with van der Waals surface area (Å²) in [4.78, 5) is 116. The molecule has 18 heteroatoms. The Labute approximate surface area is 459 Å². The smallest absolute Gasteiger partial charge is 0.271 e. The number of likely N-dealkylation sites (tertiary alicyclic amines) is 2. The highest BCUT2D eigenvalue weighted by molar-refractivity contribution is 6.04. The van der Waals surface area contributed by atoms with Crippen LogP contribution in [0.1, 0.15) is 116 Å². The van der Waals surface area contributed by atoms with Gasteiger partial charge in [0.25, 0.3) is 11.8 Å². The molecule has 3 aromatic carbocycles. The summed E-state index contributed by atoms with van der Waals surface area (Å²) in [5.74, 6) is -0.466. The second kappa shape index (κ2) is 24.5. The molecule has 79 heavy (non-hydrogen) atoms. The Hall–Kier alpha value is -7.18. The van der Waals surface area contributed by atoms with Crippen molar-refractivity contribution in [1.29, 1.82) is 0 Å². The van der Waals surface area contributed by atoms with Crippen LogP contribution >= 0.6 is 0 Å². The minimum atomic E-state index is -0.940. The zero-order valence-electron chi connectivity index (χ0n) is 45.0. The third-order valence-corrected chi connectivity index (χ3v) is 17.8. The SMILES string of the molecule is COc1cccc2[nH]c(C(=O)N3C[C@@H]4CCC[C@@H]4[C@H]3C(=O)N[C@@H](C[C@@H]3CCCC3=O)C(=O)CO)cc12.COc1cccc2[nH]c(C(=O)N3C[C@@H]4CCC[C@@H]4[C@H]3C(=O)N[C@@H](C[C@@H]3CCCC3=O)C(=O)COCc3ccccc3)cc12. The van der Waals surface area contributed by atoms with E-state index in [0.717, 1.165) is 78.7 Å². The fraction of sp³-hybridized carbons (Fsp3) is 0.508. The molecule has 5 aromatic rings. The molecule has 0 bridgehead atoms. The van der Waals surface area contributed by atoms with Gasteiger partial charge in [-0.05, 0) is 130 Å². The van der Waals surface area contributed by atoms with Crippen LogP contribution in [0, 0.1) is 35.5 Å². The Bertz CT molecular complexity index is 3100. The largest absolute Gasteiger partial charge is 0.496 e. The average molecular weight is 1080 g/mol. The molecular weight excluding hydrogens is 1010 g/mol. The number of nitrogens with zero attached hydrogens (tertiary/aromatic N) is 2. The molecule has 6 aliphatic rings. The third-order valence-electron chi connectivity index (χ3n) is 17.8. The molecule has 4 heterocycles. The van der Waals surface area contributed by atoms with Crippen LogP contribution in [-0.2, 0) is 40.1 Å². The highest BCUT2D eigenvalue weighted by Gasteiger charge is 2.52. The van der Waals surface area contributed by atoms with Gasteiger partial charge in [0.2, 0.25) is 11.8 Å². The summed E-state index contributed by atoms with van der Waals surface area (Å²) in [6, 6.07) is 21.1. The van der Waals surface area contributed by atoms with Gasteiger partial charge >= 0.3 is 0 Å². The summed E-state index contributed by atoms with van der Waals surface area (Å²) >= 11 is 0. The summed E-state index contributed by atoms with van der Waals surface area (Å²) < 4.78 is 16.6. The molecule has 0 radical (unpaired) electrons. The van der Waals surface area contributed by atoms with Gasteiger partial charge in [0.1, 0.15) is 59.8 Å². The van der Waals surface area contributed by atoms with E-state index >= 15 is 0 Å². The van der Waals surface area contributed by atoms with Gasteiger partial charge in [-0.15, -0.1) is 0 Å². The number of H-pyrrole nitrogens is 2. The molecule has 18 nitrogen and oxygen atoms in total. The molecule has 4 amide bonds. The molecule has 10 atom stereocenters. The van der Waals surface area contributed by atoms with Gasteiger partial charge in [-0.2, -0.15) is 0 Å². The van der Waals surface area contributed by atoms with E-state index in [1.807, 2.05) is 66.7 Å². The quantitative estimate of drug-likeness (QED) is 0.0582. The van der Waals surface area contributed by atoms with Crippen molar-refractivity contribution in [3.05, 3.63) is 95.8 Å². The lowest BCUT2D eigenvalue weighted by atomic mass is 9.91. The number of rotatable bonds is 19. The normalized spacial score (nSPS) is 24.9. The molecule has 11 rings (SSSR count). The number of aliphatic hydroxyl groups excluding tert-OH is 1. The Morgan fingerprint density at radius 3 is 1.53 bits per heavy atom. The molecular formula is C61H72N6O12. The third kappa shape index (κ3) is 11.8. The highest BCUT2D eigenvalue weighted by Crippen LogP contribution is 2.45. The number of aromatic nitrogens is 2. The number of carbonyl (C=O) groups is 8. The van der Waals surface area contributed by atoms with Crippen molar-refractivity contribution in [1.82, 2.24) is 30.4 Å². The Balaban J connectivity index is 0.000000181. The minimum absolute atomic E-state index is 0.0193. The van der Waals surface area contributed by atoms with Crippen molar-refractivity contribution >= 4 is 68.6 Å². The lowest BCUT2D eigenvalue weighted by Gasteiger charge is -2.29. The lowest BCUT2D eigenvalue weighted by Crippen LogP contribution is -2.53. The maximum atomic E-state index is 14.1. The number of nitrogens with one attached hydrogen (secondary N) is 4. The fourth-order valence-electron chi connectivity index (χ4n) is 13.8. The van der Waals surface area contributed by atoms with Crippen LogP contribution in [0.5, 0.6) is 11.5 Å². The van der Waals surface area contributed by atoms with Gasteiger partial charge in [-0.1, -0.05) is 55.3 Å². The van der Waals surface area contributed by atoms with Crippen LogP contribution in [0.2, 0.25) is 0 Å². The van der Waals surface area contributed by atoms with Gasteiger partial charge < -0.3 is 49.7 Å². The predicted octanol–water partition coefficient (Wildman–Crippen LogP) is 6.67. The highest BCUT2D eigenvalue weighted by atomic mass is 16.5. The van der Waals surface area contributed by atoms with Gasteiger partial charge in [-0.25, -0.2) is 0 Å². The lowest BCUT2D eigenvalue weighted by molar-refractivity contribution is -0.134. The van der Waals surface area contributed by atoms with Crippen LogP contribution < -0.4 is 20.1 Å². The first-order valence-corrected chi connectivity index (χ1v) is 28.2. The summed E-state index contributed by atoms with van der Waals surface area (Å²) in [5.41, 5.74) is 3.28. The molecule has 4 aliphatic carbocycles. The van der Waals surface area contributed by atoms with Crippen molar-refractivity contribution in [3.63, 3.8) is 0 Å². The number of carbonyl (C=O) groups excluding carboxylic acids is 8. The minimum Gasteiger partial charge on any atom is -0.496 e. The van der Waals surface area contributed by atoms with Crippen molar-refractivity contribution in [2.24, 2.45) is 35.5 Å². The number of benzene rings is 3. The molecule has 0 unspecified atom stereocenters. The molecule has 5 N–H and O–H groups in total. The first-order chi connectivity index (χ1) is 38.3. The molecule has 2 saturated heterocycles. The van der Waals surface area contributed by atoms with E-state index in [2.05, 4.69) is 20.6 Å². The Morgan fingerprint density at radius 2 is 1.09 bits per heavy atom. The maximum absolute atomic E-state index is 14.1. The number of hydrogen-bond donors (Lipinski definition) is 5. The first-order valence-electron chi connectivity index (χ1n) is 28.2. The number of aliphatic hydroxyl groups is 1. The number of fused-ring (bicyclic) bond motifs is 4. The second-order valence-electron chi connectivity index (χ2n) is 22.5. The van der Waals surface area contributed by atoms with Crippen LogP contribution in [-0.4, -0.2) is 136 Å². The zero-order valence-corrected chi connectivity index (χ0v) is 45.0. The van der Waals surface area contributed by atoms with Gasteiger partial charge in [-0.3, -0.25) is 38.4 Å². The van der Waals surface area contributed by atoms with Crippen molar-refractivity contribution in [2.45, 2.75) is 121 Å². The van der Waals surface area contributed by atoms with Crippen LogP contribution in [0.15, 0.2) is 78.9 Å². The van der Waals surface area contributed by atoms with Crippen LogP contribution in [0.25, 0.3) is 21.8 Å². The van der Waals surface area contributed by atoms with E-state index < -0.39 is 36.6 Å². The number of methoxy groups -OCH3 is 2. The molecule has 418 valence electrons. The first kappa shape index (κ1) is 55.1. The van der Waals surface area contributed by atoms with Crippen LogP contribution in [0.3, 0.4) is 0 Å². The number of ketones is 4. The second-order valence-corrected chi connectivity index (χ2v) is 22.5. The van der Waals surface area contributed by atoms with E-state index in [9.17, 15) is 43.5 Å². The summed E-state index contributed by atoms with van der Waals surface area (Å²) in [6.45, 7) is 0.375. The number of hydrogen-bond acceptors (Lipinski definition) is 12. The van der Waals surface area contributed by atoms with Gasteiger partial charge in [0.05, 0.1) is 32.9 Å². The molecule has 2 aromatic heterocycles. The summed E-state index contributed by atoms with van der Waals surface area (Å²) in [7, 11) is 3.17. The van der Waals surface area contributed by atoms with E-state index in [0.29, 0.717) is 61.7 Å². The number of amides is 4. The molecule has 4 saturated carbocycles. The van der Waals surface area contributed by atoms with Crippen molar-refractivity contribution in [2.75, 3.05) is 40.5 Å². The van der Waals surface area contributed by atoms with E-state index in [1.165, 1.54) is 0 Å². The monoisotopic (exact) mass is 1080 g/mol. The molecule has 0 spiro atoms. The summed E-state index contributed by atoms with van der Waals surface area (Å²) in [6.07, 6.45) is 10.1. The van der Waals surface area contributed by atoms with Crippen molar-refractivity contribution < 1.29 is 57.7 Å². The number of aromatic amines is 2. The Morgan fingerprint density at radius 1 is 0.608 bits per heavy atom. The molecule has 2 aliphatic heterocycles. The number of Topliss-reactive ketones (excluding diaryl/α,β-unsaturated/α-hetero) is 4. The Kier molecular flexibility index (Phi) is 17.1. The topological polar surface area (TPSA) is 247 Å². The van der Waals surface area contributed by atoms with E-state index in [1.54, 1.807) is 36.2 Å². The van der Waals surface area contributed by atoms with Crippen molar-refractivity contribution in [3.8, 4) is 11.5 Å². The zero-order chi connectivity index (χ0) is 55.3. The number of ether oxygens (including phenoxy) is 3. The standard InChI is InChI=1S/C34H39N3O6.C27H33N3O6/c1-42-31-15-7-13-26-25(31)17-28(35-26)34(41)37-18-23-11-5-12-24(23)32(37)33(40)36-27(16-22-10-6-14-29(22)38)30(39)20-43-19-21-8-3-2-4-9-21;1-36-24-10-4-8-19-18(24)12-21(28-19)27(35)30-13-16-6-2-7-17(16)25(30)26(34)29-20(23(33)14-31)11-15-5-3-9-22(15)32/h2-4,7-9,13,15,17,22-24,27,32,35H,5-6,10-12,14,16,18-20H2,1H3,(H,36,40);4,8,10,12,15-17,20,25,28,31H,2-3,5-7,9,11,13-14H2,1H3,(H,29,34)/t22-,23-,24-,27-,32-;15-,16-,17-,20-,25-/m00/s1. The maximum Gasteiger partial charge on any atom is 0.271 e. The molecule has 6 fully saturated rings. The predicted molar refractivity (Wildman–Crippen MR) is 292 cm³/mol. The average Bonchev–Trinajstić information content (AvgIpc) is 4.53. The van der Waals surface area contributed by atoms with Crippen LogP contribution in [0.4, 0.5) is 0 Å². The van der Waals surface area contributed by atoms with E-state index in [4.69, 9.17) is 14.2 Å². The van der Waals surface area contributed by atoms with Gasteiger partial charge in [0.15, 0.2) is 11.6 Å². The van der Waals surface area contributed by atoms with Gasteiger partial charge in [0, 0.05) is 59.6 Å². The fourth-order valence-corrected chi connectivity index (χ4v) is 13.8. The van der Waals surface area contributed by atoms with E-state index in [-0.39, 0.29) is 103 Å².